The first-order valence-corrected chi connectivity index (χ1v) is 5.55. The van der Waals surface area contributed by atoms with Crippen LogP contribution in [0.5, 0.6) is 11.5 Å². The number of rotatable bonds is 4. The monoisotopic (exact) mass is 264 g/mol. The molecular weight excluding hydrogens is 256 g/mol. The van der Waals surface area contributed by atoms with Crippen LogP contribution in [0.1, 0.15) is 0 Å². The Kier molecular flexibility index (Phi) is 4.26. The SMILES string of the molecule is N#COc1ccc(N=Nc2ccc(OC#N)cc2)cc1. The van der Waals surface area contributed by atoms with Gasteiger partial charge in [-0.25, -0.2) is 0 Å². The van der Waals surface area contributed by atoms with Crippen LogP contribution in [0.2, 0.25) is 0 Å². The van der Waals surface area contributed by atoms with Gasteiger partial charge in [-0.15, -0.1) is 10.5 Å². The molecular formula is C14H8N4O2. The first-order valence-electron chi connectivity index (χ1n) is 5.55. The minimum Gasteiger partial charge on any atom is -0.388 e. The van der Waals surface area contributed by atoms with E-state index in [1.807, 2.05) is 0 Å². The Balaban J connectivity index is 2.05. The fraction of sp³-hybridized carbons (Fsp3) is 0. The molecule has 0 heterocycles. The van der Waals surface area contributed by atoms with Gasteiger partial charge in [-0.1, -0.05) is 0 Å². The second kappa shape index (κ2) is 6.53. The molecule has 0 aliphatic carbocycles. The molecule has 20 heavy (non-hydrogen) atoms. The number of hydrogen-bond donors (Lipinski definition) is 0. The molecule has 0 aliphatic rings. The zero-order valence-corrected chi connectivity index (χ0v) is 10.2. The summed E-state index contributed by atoms with van der Waals surface area (Å²) in [6, 6.07) is 13.2. The van der Waals surface area contributed by atoms with E-state index >= 15 is 0 Å². The molecule has 0 spiro atoms. The number of azo groups is 1. The van der Waals surface area contributed by atoms with Gasteiger partial charge in [-0.3, -0.25) is 0 Å². The minimum absolute atomic E-state index is 0.449. The van der Waals surface area contributed by atoms with Crippen LogP contribution < -0.4 is 9.47 Å². The van der Waals surface area contributed by atoms with E-state index in [1.165, 1.54) is 0 Å². The molecule has 0 saturated carbocycles. The Morgan fingerprint density at radius 2 is 1.00 bits per heavy atom. The third kappa shape index (κ3) is 3.56. The highest BCUT2D eigenvalue weighted by Crippen LogP contribution is 2.22. The second-order valence-electron chi connectivity index (χ2n) is 3.57. The normalized spacial score (nSPS) is 9.70. The largest absolute Gasteiger partial charge is 0.388 e. The lowest BCUT2D eigenvalue weighted by Gasteiger charge is -1.97. The van der Waals surface area contributed by atoms with E-state index < -0.39 is 0 Å². The highest BCUT2D eigenvalue weighted by Gasteiger charge is 1.95. The first kappa shape index (κ1) is 13.1. The molecule has 0 saturated heterocycles. The maximum Gasteiger partial charge on any atom is 0.292 e. The molecule has 2 rings (SSSR count). The van der Waals surface area contributed by atoms with Crippen molar-refractivity contribution in [3.63, 3.8) is 0 Å². The molecule has 96 valence electrons. The highest BCUT2D eigenvalue weighted by molar-refractivity contribution is 5.44. The summed E-state index contributed by atoms with van der Waals surface area (Å²) in [5, 5.41) is 24.8. The van der Waals surface area contributed by atoms with Crippen molar-refractivity contribution in [2.24, 2.45) is 10.2 Å². The van der Waals surface area contributed by atoms with E-state index in [1.54, 1.807) is 61.0 Å². The molecule has 2 aromatic rings. The summed E-state index contributed by atoms with van der Waals surface area (Å²) in [7, 11) is 0. The van der Waals surface area contributed by atoms with Crippen LogP contribution >= 0.6 is 0 Å². The Morgan fingerprint density at radius 3 is 1.30 bits per heavy atom. The maximum absolute atomic E-state index is 8.36. The fourth-order valence-corrected chi connectivity index (χ4v) is 1.38. The Hall–Kier alpha value is -3.38. The number of hydrogen-bond acceptors (Lipinski definition) is 6. The lowest BCUT2D eigenvalue weighted by molar-refractivity contribution is 0.507. The highest BCUT2D eigenvalue weighted by atomic mass is 16.5. The van der Waals surface area contributed by atoms with Crippen molar-refractivity contribution in [2.45, 2.75) is 0 Å². The summed E-state index contributed by atoms with van der Waals surface area (Å²) in [6.07, 6.45) is 3.18. The zero-order valence-electron chi connectivity index (χ0n) is 10.2. The molecule has 6 nitrogen and oxygen atoms in total. The third-order valence-electron chi connectivity index (χ3n) is 2.28. The average molecular weight is 264 g/mol. The predicted octanol–water partition coefficient (Wildman–Crippen LogP) is 3.82. The molecule has 0 unspecified atom stereocenters. The van der Waals surface area contributed by atoms with Crippen molar-refractivity contribution in [1.82, 2.24) is 0 Å². The summed E-state index contributed by atoms with van der Waals surface area (Å²) in [4.78, 5) is 0. The predicted molar refractivity (Wildman–Crippen MR) is 69.5 cm³/mol. The van der Waals surface area contributed by atoms with Gasteiger partial charge >= 0.3 is 0 Å². The molecule has 2 aromatic carbocycles. The van der Waals surface area contributed by atoms with Gasteiger partial charge in [0.2, 0.25) is 0 Å². The number of nitriles is 2. The fourth-order valence-electron chi connectivity index (χ4n) is 1.38. The van der Waals surface area contributed by atoms with E-state index in [0.717, 1.165) is 0 Å². The number of benzene rings is 2. The van der Waals surface area contributed by atoms with Gasteiger partial charge in [0.05, 0.1) is 11.4 Å². The van der Waals surface area contributed by atoms with Crippen molar-refractivity contribution in [3.05, 3.63) is 48.5 Å². The Morgan fingerprint density at radius 1 is 0.650 bits per heavy atom. The van der Waals surface area contributed by atoms with E-state index in [0.29, 0.717) is 22.9 Å². The molecule has 6 heteroatoms. The van der Waals surface area contributed by atoms with E-state index in [-0.39, 0.29) is 0 Å². The van der Waals surface area contributed by atoms with Crippen LogP contribution in [0.4, 0.5) is 11.4 Å². The van der Waals surface area contributed by atoms with E-state index in [9.17, 15) is 0 Å². The van der Waals surface area contributed by atoms with Crippen LogP contribution in [-0.4, -0.2) is 0 Å². The lowest BCUT2D eigenvalue weighted by atomic mass is 10.3. The Labute approximate surface area is 115 Å². The molecule has 0 atom stereocenters. The molecule has 0 fully saturated rings. The van der Waals surface area contributed by atoms with Crippen molar-refractivity contribution in [2.75, 3.05) is 0 Å². The smallest absolute Gasteiger partial charge is 0.292 e. The zero-order chi connectivity index (χ0) is 14.2. The molecule has 0 radical (unpaired) electrons. The summed E-state index contributed by atoms with van der Waals surface area (Å²) in [5.41, 5.74) is 1.26. The van der Waals surface area contributed by atoms with Crippen LogP contribution in [0.3, 0.4) is 0 Å². The summed E-state index contributed by atoms with van der Waals surface area (Å²) in [5.74, 6) is 0.897. The van der Waals surface area contributed by atoms with Gasteiger partial charge < -0.3 is 9.47 Å². The molecule has 0 amide bonds. The standard InChI is InChI=1S/C14H8N4O2/c15-9-19-13-5-1-11(2-6-13)17-18-12-3-7-14(8-4-12)20-10-16/h1-8H. The summed E-state index contributed by atoms with van der Waals surface area (Å²) < 4.78 is 9.31. The Bertz CT molecular complexity index is 618. The van der Waals surface area contributed by atoms with Gasteiger partial charge in [0, 0.05) is 0 Å². The molecule has 0 aromatic heterocycles. The molecule has 0 bridgehead atoms. The maximum atomic E-state index is 8.36. The van der Waals surface area contributed by atoms with E-state index in [4.69, 9.17) is 10.5 Å². The average Bonchev–Trinajstić information content (AvgIpc) is 2.49. The van der Waals surface area contributed by atoms with Gasteiger partial charge in [0.25, 0.3) is 12.5 Å². The topological polar surface area (TPSA) is 90.8 Å². The van der Waals surface area contributed by atoms with Crippen LogP contribution in [0, 0.1) is 23.0 Å². The van der Waals surface area contributed by atoms with Gasteiger partial charge in [0.1, 0.15) is 11.5 Å². The van der Waals surface area contributed by atoms with Crippen molar-refractivity contribution in [1.29, 1.82) is 10.5 Å². The molecule has 0 aliphatic heterocycles. The number of ether oxygens (including phenoxy) is 2. The van der Waals surface area contributed by atoms with Crippen LogP contribution in [0.15, 0.2) is 58.8 Å². The first-order chi connectivity index (χ1) is 9.81. The number of nitrogens with zero attached hydrogens (tertiary/aromatic N) is 4. The lowest BCUT2D eigenvalue weighted by Crippen LogP contribution is -1.79. The van der Waals surface area contributed by atoms with Crippen LogP contribution in [-0.2, 0) is 0 Å². The minimum atomic E-state index is 0.449. The van der Waals surface area contributed by atoms with Gasteiger partial charge in [-0.2, -0.15) is 10.2 Å². The van der Waals surface area contributed by atoms with Gasteiger partial charge in [0.15, 0.2) is 0 Å². The van der Waals surface area contributed by atoms with Crippen molar-refractivity contribution >= 4 is 11.4 Å². The summed E-state index contributed by atoms with van der Waals surface area (Å²) in [6.45, 7) is 0. The van der Waals surface area contributed by atoms with Crippen LogP contribution in [0.25, 0.3) is 0 Å². The quantitative estimate of drug-likeness (QED) is 0.619. The second-order valence-corrected chi connectivity index (χ2v) is 3.57. The van der Waals surface area contributed by atoms with Gasteiger partial charge in [-0.05, 0) is 48.5 Å². The summed E-state index contributed by atoms with van der Waals surface area (Å²) >= 11 is 0. The van der Waals surface area contributed by atoms with E-state index in [2.05, 4.69) is 19.7 Å². The van der Waals surface area contributed by atoms with Crippen molar-refractivity contribution < 1.29 is 9.47 Å². The molecule has 0 N–H and O–H groups in total. The van der Waals surface area contributed by atoms with Crippen molar-refractivity contribution in [3.8, 4) is 24.0 Å². The third-order valence-corrected chi connectivity index (χ3v) is 2.28.